The summed E-state index contributed by atoms with van der Waals surface area (Å²) in [6.45, 7) is 1.71. The molecule has 0 spiro atoms. The minimum atomic E-state index is -0.0965. The lowest BCUT2D eigenvalue weighted by molar-refractivity contribution is -0.121. The van der Waals surface area contributed by atoms with Gasteiger partial charge in [-0.15, -0.1) is 0 Å². The van der Waals surface area contributed by atoms with Crippen LogP contribution in [0.4, 0.5) is 0 Å². The van der Waals surface area contributed by atoms with Crippen molar-refractivity contribution in [2.75, 3.05) is 6.54 Å². The van der Waals surface area contributed by atoms with E-state index >= 15 is 0 Å². The second-order valence-corrected chi connectivity index (χ2v) is 8.32. The van der Waals surface area contributed by atoms with Crippen LogP contribution in [0.25, 0.3) is 11.3 Å². The second kappa shape index (κ2) is 9.70. The van der Waals surface area contributed by atoms with Crippen molar-refractivity contribution in [1.82, 2.24) is 24.6 Å². The Morgan fingerprint density at radius 1 is 1.26 bits per heavy atom. The molecule has 0 radical (unpaired) electrons. The summed E-state index contributed by atoms with van der Waals surface area (Å²) >= 11 is 12.1. The zero-order valence-electron chi connectivity index (χ0n) is 16.9. The largest absolute Gasteiger partial charge is 0.441 e. The van der Waals surface area contributed by atoms with Crippen LogP contribution in [0.5, 0.6) is 0 Å². The third-order valence-corrected chi connectivity index (χ3v) is 5.76. The number of amides is 1. The lowest BCUT2D eigenvalue weighted by Gasteiger charge is -2.09. The number of fused-ring (bicyclic) bond motifs is 1. The molecule has 164 valence electrons. The number of hydrogen-bond donors (Lipinski definition) is 1. The van der Waals surface area contributed by atoms with E-state index in [-0.39, 0.29) is 18.0 Å². The maximum Gasteiger partial charge on any atom is 0.345 e. The average Bonchev–Trinajstić information content (AvgIpc) is 3.35. The van der Waals surface area contributed by atoms with Crippen molar-refractivity contribution in [2.45, 2.75) is 51.6 Å². The molecule has 0 fully saturated rings. The van der Waals surface area contributed by atoms with Gasteiger partial charge in [-0.2, -0.15) is 5.10 Å². The molecule has 1 N–H and O–H groups in total. The van der Waals surface area contributed by atoms with Gasteiger partial charge in [-0.05, 0) is 37.5 Å². The SMILES string of the molecule is O=C(CCc1ncc(-c2ccc(Cl)cc2Cl)o1)NCCCn1nc2n(c1=O)CCCC2. The molecule has 1 aliphatic heterocycles. The summed E-state index contributed by atoms with van der Waals surface area (Å²) in [6.07, 6.45) is 5.81. The van der Waals surface area contributed by atoms with Crippen molar-refractivity contribution in [1.29, 1.82) is 0 Å². The molecule has 0 saturated carbocycles. The van der Waals surface area contributed by atoms with Crippen LogP contribution in [0.15, 0.2) is 33.6 Å². The van der Waals surface area contributed by atoms with Gasteiger partial charge in [0.25, 0.3) is 0 Å². The molecule has 0 atom stereocenters. The molecule has 3 heterocycles. The third-order valence-electron chi connectivity index (χ3n) is 5.22. The van der Waals surface area contributed by atoms with Gasteiger partial charge in [0.15, 0.2) is 11.7 Å². The Morgan fingerprint density at radius 3 is 2.94 bits per heavy atom. The van der Waals surface area contributed by atoms with Gasteiger partial charge in [0.1, 0.15) is 5.82 Å². The quantitative estimate of drug-likeness (QED) is 0.515. The standard InChI is InChI=1S/C21H23Cl2N5O3/c22-14-5-6-15(16(23)12-14)17-13-25-20(31-17)8-7-19(29)24-9-3-11-28-21(30)27-10-2-1-4-18(27)26-28/h5-6,12-13H,1-4,7-11H2,(H,24,29). The first-order valence-electron chi connectivity index (χ1n) is 10.3. The fraction of sp³-hybridized carbons (Fsp3) is 0.429. The van der Waals surface area contributed by atoms with Crippen LogP contribution < -0.4 is 11.0 Å². The topological polar surface area (TPSA) is 94.9 Å². The van der Waals surface area contributed by atoms with Crippen molar-refractivity contribution < 1.29 is 9.21 Å². The zero-order valence-corrected chi connectivity index (χ0v) is 18.5. The number of benzene rings is 1. The van der Waals surface area contributed by atoms with Gasteiger partial charge in [0.2, 0.25) is 5.91 Å². The minimum Gasteiger partial charge on any atom is -0.441 e. The number of aromatic nitrogens is 4. The number of halogens is 2. The number of aryl methyl sites for hydroxylation is 3. The van der Waals surface area contributed by atoms with Gasteiger partial charge in [0, 0.05) is 49.5 Å². The van der Waals surface area contributed by atoms with E-state index in [1.807, 2.05) is 0 Å². The molecule has 2 aromatic heterocycles. The fourth-order valence-corrected chi connectivity index (χ4v) is 4.10. The maximum atomic E-state index is 12.3. The monoisotopic (exact) mass is 463 g/mol. The van der Waals surface area contributed by atoms with Crippen LogP contribution in [-0.2, 0) is 30.7 Å². The highest BCUT2D eigenvalue weighted by atomic mass is 35.5. The number of hydrogen-bond acceptors (Lipinski definition) is 5. The summed E-state index contributed by atoms with van der Waals surface area (Å²) in [5.41, 5.74) is 0.645. The Labute approximate surface area is 189 Å². The molecular weight excluding hydrogens is 441 g/mol. The Bertz CT molecular complexity index is 1130. The van der Waals surface area contributed by atoms with E-state index in [1.165, 1.54) is 4.68 Å². The lowest BCUT2D eigenvalue weighted by atomic mass is 10.2. The van der Waals surface area contributed by atoms with Crippen molar-refractivity contribution in [2.24, 2.45) is 0 Å². The summed E-state index contributed by atoms with van der Waals surface area (Å²) < 4.78 is 8.97. The van der Waals surface area contributed by atoms with E-state index < -0.39 is 0 Å². The van der Waals surface area contributed by atoms with Gasteiger partial charge in [-0.3, -0.25) is 9.36 Å². The predicted octanol–water partition coefficient (Wildman–Crippen LogP) is 3.48. The minimum absolute atomic E-state index is 0.0542. The van der Waals surface area contributed by atoms with Crippen LogP contribution in [0.1, 0.15) is 37.4 Å². The molecule has 31 heavy (non-hydrogen) atoms. The highest BCUT2D eigenvalue weighted by Crippen LogP contribution is 2.30. The summed E-state index contributed by atoms with van der Waals surface area (Å²) in [5, 5.41) is 8.28. The molecule has 8 nitrogen and oxygen atoms in total. The first-order chi connectivity index (χ1) is 15.0. The summed E-state index contributed by atoms with van der Waals surface area (Å²) in [5.74, 6) is 1.77. The van der Waals surface area contributed by atoms with Gasteiger partial charge in [-0.25, -0.2) is 14.5 Å². The number of nitrogens with one attached hydrogen (secondary N) is 1. The molecule has 0 bridgehead atoms. The maximum absolute atomic E-state index is 12.3. The lowest BCUT2D eigenvalue weighted by Crippen LogP contribution is -2.29. The van der Waals surface area contributed by atoms with E-state index in [0.29, 0.717) is 53.2 Å². The summed E-state index contributed by atoms with van der Waals surface area (Å²) in [4.78, 5) is 28.6. The first kappa shape index (κ1) is 21.6. The van der Waals surface area contributed by atoms with E-state index in [2.05, 4.69) is 15.4 Å². The molecular formula is C21H23Cl2N5O3. The van der Waals surface area contributed by atoms with Gasteiger partial charge < -0.3 is 9.73 Å². The van der Waals surface area contributed by atoms with Gasteiger partial charge in [0.05, 0.1) is 11.2 Å². The van der Waals surface area contributed by atoms with Gasteiger partial charge >= 0.3 is 5.69 Å². The Morgan fingerprint density at radius 2 is 2.13 bits per heavy atom. The van der Waals surface area contributed by atoms with Crippen LogP contribution >= 0.6 is 23.2 Å². The van der Waals surface area contributed by atoms with Crippen LogP contribution in [-0.4, -0.2) is 31.8 Å². The molecule has 4 rings (SSSR count). The number of carbonyl (C=O) groups is 1. The zero-order chi connectivity index (χ0) is 21.8. The van der Waals surface area contributed by atoms with Crippen LogP contribution in [0.2, 0.25) is 10.0 Å². The smallest absolute Gasteiger partial charge is 0.345 e. The highest BCUT2D eigenvalue weighted by Gasteiger charge is 2.16. The first-order valence-corrected chi connectivity index (χ1v) is 11.1. The second-order valence-electron chi connectivity index (χ2n) is 7.48. The summed E-state index contributed by atoms with van der Waals surface area (Å²) in [7, 11) is 0. The van der Waals surface area contributed by atoms with Gasteiger partial charge in [-0.1, -0.05) is 23.2 Å². The van der Waals surface area contributed by atoms with Crippen molar-refractivity contribution >= 4 is 29.1 Å². The molecule has 10 heteroatoms. The van der Waals surface area contributed by atoms with E-state index in [4.69, 9.17) is 27.6 Å². The Balaban J connectivity index is 1.21. The molecule has 0 aliphatic carbocycles. The Hall–Kier alpha value is -2.58. The highest BCUT2D eigenvalue weighted by molar-refractivity contribution is 6.36. The molecule has 1 aliphatic rings. The van der Waals surface area contributed by atoms with Crippen LogP contribution in [0, 0.1) is 0 Å². The van der Waals surface area contributed by atoms with Crippen molar-refractivity contribution in [3.05, 3.63) is 56.6 Å². The van der Waals surface area contributed by atoms with E-state index in [9.17, 15) is 9.59 Å². The number of rotatable bonds is 8. The fourth-order valence-electron chi connectivity index (χ4n) is 3.60. The van der Waals surface area contributed by atoms with E-state index in [1.54, 1.807) is 29.0 Å². The number of oxazole rings is 1. The molecule has 0 saturated heterocycles. The normalized spacial score (nSPS) is 13.2. The molecule has 1 amide bonds. The van der Waals surface area contributed by atoms with Crippen molar-refractivity contribution in [3.8, 4) is 11.3 Å². The molecule has 0 unspecified atom stereocenters. The molecule has 3 aromatic rings. The Kier molecular flexibility index (Phi) is 6.77. The van der Waals surface area contributed by atoms with Crippen molar-refractivity contribution in [3.63, 3.8) is 0 Å². The number of carbonyl (C=O) groups excluding carboxylic acids is 1. The third kappa shape index (κ3) is 5.19. The average molecular weight is 464 g/mol. The van der Waals surface area contributed by atoms with E-state index in [0.717, 1.165) is 31.6 Å². The number of nitrogens with zero attached hydrogens (tertiary/aromatic N) is 4. The summed E-state index contributed by atoms with van der Waals surface area (Å²) in [6, 6.07) is 5.13. The predicted molar refractivity (Wildman–Crippen MR) is 117 cm³/mol. The van der Waals surface area contributed by atoms with Crippen LogP contribution in [0.3, 0.4) is 0 Å². The molecule has 1 aromatic carbocycles.